The lowest BCUT2D eigenvalue weighted by molar-refractivity contribution is -0.116. The molecule has 0 aliphatic rings. The van der Waals surface area contributed by atoms with Crippen LogP contribution in [-0.4, -0.2) is 15.0 Å². The van der Waals surface area contributed by atoms with Gasteiger partial charge in [0.15, 0.2) is 0 Å². The van der Waals surface area contributed by atoms with E-state index in [2.05, 4.69) is 5.32 Å². The van der Waals surface area contributed by atoms with Gasteiger partial charge in [-0.15, -0.1) is 11.3 Å². The van der Waals surface area contributed by atoms with Crippen molar-refractivity contribution in [2.45, 2.75) is 20.4 Å². The van der Waals surface area contributed by atoms with E-state index in [0.29, 0.717) is 31.6 Å². The first-order valence-corrected chi connectivity index (χ1v) is 10.9. The summed E-state index contributed by atoms with van der Waals surface area (Å²) in [6.45, 7) is 3.46. The number of halogens is 2. The maximum Gasteiger partial charge on any atom is 0.337 e. The summed E-state index contributed by atoms with van der Waals surface area (Å²) in [7, 11) is 0. The average Bonchev–Trinajstić information content (AvgIpc) is 3.02. The predicted octanol–water partition coefficient (Wildman–Crippen LogP) is 4.78. The van der Waals surface area contributed by atoms with Gasteiger partial charge in [0.05, 0.1) is 11.1 Å². The number of anilines is 1. The molecule has 0 bridgehead atoms. The van der Waals surface area contributed by atoms with Gasteiger partial charge in [-0.05, 0) is 61.9 Å². The minimum Gasteiger partial charge on any atom is -0.325 e. The van der Waals surface area contributed by atoms with E-state index in [4.69, 9.17) is 23.2 Å². The van der Waals surface area contributed by atoms with Crippen molar-refractivity contribution in [2.24, 2.45) is 0 Å². The molecule has 2 aromatic carbocycles. The summed E-state index contributed by atoms with van der Waals surface area (Å²) in [6.07, 6.45) is 0. The number of nitrogens with one attached hydrogen (secondary N) is 1. The molecule has 6 nitrogen and oxygen atoms in total. The summed E-state index contributed by atoms with van der Waals surface area (Å²) in [5.41, 5.74) is 0.651. The smallest absolute Gasteiger partial charge is 0.325 e. The predicted molar refractivity (Wildman–Crippen MR) is 126 cm³/mol. The Morgan fingerprint density at radius 1 is 1.03 bits per heavy atom. The van der Waals surface area contributed by atoms with Crippen LogP contribution in [0.15, 0.2) is 58.1 Å². The van der Waals surface area contributed by atoms with Crippen LogP contribution in [0.25, 0.3) is 15.9 Å². The number of carbonyl (C=O) groups is 1. The normalized spacial score (nSPS) is 11.1. The molecule has 4 rings (SSSR count). The van der Waals surface area contributed by atoms with E-state index in [0.717, 1.165) is 15.0 Å². The van der Waals surface area contributed by atoms with Crippen LogP contribution in [-0.2, 0) is 11.3 Å². The van der Waals surface area contributed by atoms with Gasteiger partial charge in [-0.1, -0.05) is 29.3 Å². The van der Waals surface area contributed by atoms with Crippen LogP contribution in [0.1, 0.15) is 10.4 Å². The Balaban J connectivity index is 1.87. The monoisotopic (exact) mass is 473 g/mol. The Morgan fingerprint density at radius 3 is 2.42 bits per heavy atom. The van der Waals surface area contributed by atoms with Gasteiger partial charge in [-0.3, -0.25) is 14.2 Å². The Hall–Kier alpha value is -2.87. The van der Waals surface area contributed by atoms with Crippen molar-refractivity contribution >= 4 is 56.3 Å². The molecule has 158 valence electrons. The molecule has 1 N–H and O–H groups in total. The number of carbonyl (C=O) groups excluding carboxylic acids is 1. The van der Waals surface area contributed by atoms with Gasteiger partial charge < -0.3 is 5.32 Å². The first-order chi connectivity index (χ1) is 14.8. The van der Waals surface area contributed by atoms with Crippen LogP contribution in [0.5, 0.6) is 0 Å². The molecule has 2 heterocycles. The second kappa shape index (κ2) is 8.34. The Kier molecular flexibility index (Phi) is 5.75. The summed E-state index contributed by atoms with van der Waals surface area (Å²) in [5, 5.41) is 4.12. The Morgan fingerprint density at radius 2 is 1.74 bits per heavy atom. The number of aromatic nitrogens is 2. The van der Waals surface area contributed by atoms with Crippen molar-refractivity contribution in [3.05, 3.63) is 89.9 Å². The molecule has 2 aromatic heterocycles. The highest BCUT2D eigenvalue weighted by atomic mass is 35.5. The molecule has 0 unspecified atom stereocenters. The third-order valence-corrected chi connectivity index (χ3v) is 6.66. The minimum atomic E-state index is -0.604. The highest BCUT2D eigenvalue weighted by Gasteiger charge is 2.21. The zero-order valence-corrected chi connectivity index (χ0v) is 18.9. The second-order valence-corrected chi connectivity index (χ2v) is 9.08. The highest BCUT2D eigenvalue weighted by molar-refractivity contribution is 7.18. The number of thiophene rings is 1. The molecule has 4 aromatic rings. The molecule has 0 spiro atoms. The number of rotatable bonds is 4. The molecule has 9 heteroatoms. The van der Waals surface area contributed by atoms with Gasteiger partial charge in [0, 0.05) is 20.6 Å². The van der Waals surface area contributed by atoms with E-state index in [-0.39, 0.29) is 6.54 Å². The summed E-state index contributed by atoms with van der Waals surface area (Å²) in [6, 6.07) is 13.2. The lowest BCUT2D eigenvalue weighted by atomic mass is 10.2. The van der Waals surface area contributed by atoms with E-state index in [1.54, 1.807) is 48.5 Å². The van der Waals surface area contributed by atoms with Crippen LogP contribution in [0.2, 0.25) is 10.0 Å². The number of aryl methyl sites for hydroxylation is 2. The second-order valence-electron chi connectivity index (χ2n) is 7.01. The van der Waals surface area contributed by atoms with E-state index in [1.807, 2.05) is 13.8 Å². The van der Waals surface area contributed by atoms with E-state index < -0.39 is 17.2 Å². The van der Waals surface area contributed by atoms with Crippen molar-refractivity contribution in [3.8, 4) is 5.69 Å². The van der Waals surface area contributed by atoms with Gasteiger partial charge in [0.1, 0.15) is 11.4 Å². The number of benzene rings is 2. The molecule has 0 saturated carbocycles. The molecule has 0 radical (unpaired) electrons. The van der Waals surface area contributed by atoms with Crippen molar-refractivity contribution in [1.29, 1.82) is 0 Å². The number of hydrogen-bond donors (Lipinski definition) is 1. The standard InChI is InChI=1S/C22H17Cl2N3O3S/c1-12-13(2)31-21-19(12)20(29)27(17-5-3-4-15(24)10-17)22(30)26(21)11-18(28)25-16-8-6-14(23)7-9-16/h3-10H,11H2,1-2H3,(H,25,28). The third kappa shape index (κ3) is 4.04. The highest BCUT2D eigenvalue weighted by Crippen LogP contribution is 2.27. The first kappa shape index (κ1) is 21.4. The molecule has 0 saturated heterocycles. The molecule has 1 amide bonds. The minimum absolute atomic E-state index is 0.252. The van der Waals surface area contributed by atoms with Crippen molar-refractivity contribution in [1.82, 2.24) is 9.13 Å². The van der Waals surface area contributed by atoms with Gasteiger partial charge in [-0.2, -0.15) is 0 Å². The third-order valence-electron chi connectivity index (χ3n) is 4.95. The molecule has 31 heavy (non-hydrogen) atoms. The van der Waals surface area contributed by atoms with Gasteiger partial charge in [0.25, 0.3) is 5.56 Å². The molecular formula is C22H17Cl2N3O3S. The fourth-order valence-corrected chi connectivity index (χ4v) is 4.77. The summed E-state index contributed by atoms with van der Waals surface area (Å²) in [4.78, 5) is 40.7. The van der Waals surface area contributed by atoms with Crippen molar-refractivity contribution < 1.29 is 4.79 Å². The summed E-state index contributed by atoms with van der Waals surface area (Å²) in [5.74, 6) is -0.397. The lowest BCUT2D eigenvalue weighted by Crippen LogP contribution is -2.40. The van der Waals surface area contributed by atoms with Gasteiger partial charge in [-0.25, -0.2) is 9.36 Å². The molecular weight excluding hydrogens is 457 g/mol. The Bertz CT molecular complexity index is 1440. The number of nitrogens with zero attached hydrogens (tertiary/aromatic N) is 2. The SMILES string of the molecule is Cc1sc2c(c1C)c(=O)n(-c1cccc(Cl)c1)c(=O)n2CC(=O)Nc1ccc(Cl)cc1. The number of amides is 1. The van der Waals surface area contributed by atoms with E-state index >= 15 is 0 Å². The molecule has 0 aliphatic carbocycles. The maximum absolute atomic E-state index is 13.4. The average molecular weight is 474 g/mol. The molecule has 0 aliphatic heterocycles. The summed E-state index contributed by atoms with van der Waals surface area (Å²) < 4.78 is 2.39. The number of hydrogen-bond acceptors (Lipinski definition) is 4. The first-order valence-electron chi connectivity index (χ1n) is 9.33. The lowest BCUT2D eigenvalue weighted by Gasteiger charge is -2.13. The van der Waals surface area contributed by atoms with Crippen molar-refractivity contribution in [2.75, 3.05) is 5.32 Å². The van der Waals surface area contributed by atoms with Crippen LogP contribution >= 0.6 is 34.5 Å². The number of fused-ring (bicyclic) bond motifs is 1. The van der Waals surface area contributed by atoms with Crippen LogP contribution in [0.4, 0.5) is 5.69 Å². The largest absolute Gasteiger partial charge is 0.337 e. The van der Waals surface area contributed by atoms with Crippen LogP contribution < -0.4 is 16.6 Å². The summed E-state index contributed by atoms with van der Waals surface area (Å²) >= 11 is 13.3. The molecule has 0 fully saturated rings. The van der Waals surface area contributed by atoms with Crippen LogP contribution in [0.3, 0.4) is 0 Å². The fourth-order valence-electron chi connectivity index (χ4n) is 3.32. The van der Waals surface area contributed by atoms with Crippen LogP contribution in [0, 0.1) is 13.8 Å². The van der Waals surface area contributed by atoms with E-state index in [1.165, 1.54) is 15.9 Å². The van der Waals surface area contributed by atoms with Gasteiger partial charge in [0.2, 0.25) is 5.91 Å². The Labute approximate surface area is 191 Å². The quantitative estimate of drug-likeness (QED) is 0.463. The fraction of sp³-hybridized carbons (Fsp3) is 0.136. The van der Waals surface area contributed by atoms with Gasteiger partial charge >= 0.3 is 5.69 Å². The van der Waals surface area contributed by atoms with Crippen molar-refractivity contribution in [3.63, 3.8) is 0 Å². The maximum atomic E-state index is 13.4. The zero-order valence-electron chi connectivity index (χ0n) is 16.6. The topological polar surface area (TPSA) is 73.1 Å². The van der Waals surface area contributed by atoms with E-state index in [9.17, 15) is 14.4 Å². The zero-order chi connectivity index (χ0) is 22.3. The molecule has 0 atom stereocenters.